The lowest BCUT2D eigenvalue weighted by atomic mass is 10.1. The fourth-order valence-electron chi connectivity index (χ4n) is 1.70. The molecule has 0 saturated heterocycles. The zero-order valence-electron chi connectivity index (χ0n) is 7.81. The van der Waals surface area contributed by atoms with Crippen molar-refractivity contribution in [2.24, 2.45) is 10.9 Å². The molecular formula is C9H13N3OS. The summed E-state index contributed by atoms with van der Waals surface area (Å²) in [7, 11) is 0. The molecule has 4 nitrogen and oxygen atoms in total. The van der Waals surface area contributed by atoms with Crippen LogP contribution in [-0.2, 0) is 13.0 Å². The Morgan fingerprint density at radius 1 is 1.71 bits per heavy atom. The van der Waals surface area contributed by atoms with Crippen molar-refractivity contribution in [3.05, 3.63) is 21.9 Å². The number of fused-ring (bicyclic) bond motifs is 1. The minimum atomic E-state index is 0.281. The number of hydrogen-bond acceptors (Lipinski definition) is 4. The maximum absolute atomic E-state index is 8.46. The van der Waals surface area contributed by atoms with Gasteiger partial charge in [-0.3, -0.25) is 4.90 Å². The molecule has 1 aliphatic rings. The molecule has 0 radical (unpaired) electrons. The van der Waals surface area contributed by atoms with Crippen LogP contribution in [0.15, 0.2) is 16.6 Å². The van der Waals surface area contributed by atoms with Gasteiger partial charge in [-0.05, 0) is 23.4 Å². The van der Waals surface area contributed by atoms with Gasteiger partial charge in [-0.25, -0.2) is 0 Å². The zero-order valence-corrected chi connectivity index (χ0v) is 8.63. The van der Waals surface area contributed by atoms with Crippen LogP contribution in [0.3, 0.4) is 0 Å². The molecule has 0 aliphatic carbocycles. The van der Waals surface area contributed by atoms with Gasteiger partial charge in [-0.2, -0.15) is 0 Å². The smallest absolute Gasteiger partial charge is 0.153 e. The summed E-state index contributed by atoms with van der Waals surface area (Å²) in [6.07, 6.45) is 1.08. The molecule has 0 fully saturated rings. The van der Waals surface area contributed by atoms with E-state index in [1.165, 1.54) is 10.4 Å². The molecule has 2 rings (SSSR count). The number of rotatable bonds is 2. The molecule has 0 amide bonds. The Morgan fingerprint density at radius 3 is 3.36 bits per heavy atom. The summed E-state index contributed by atoms with van der Waals surface area (Å²) in [4.78, 5) is 3.66. The molecule has 76 valence electrons. The fraction of sp³-hybridized carbons (Fsp3) is 0.444. The number of amidine groups is 1. The van der Waals surface area contributed by atoms with Crippen molar-refractivity contribution in [3.63, 3.8) is 0 Å². The molecule has 0 atom stereocenters. The van der Waals surface area contributed by atoms with Crippen molar-refractivity contribution in [2.75, 3.05) is 13.1 Å². The first-order valence-corrected chi connectivity index (χ1v) is 5.41. The van der Waals surface area contributed by atoms with Crippen LogP contribution < -0.4 is 5.73 Å². The molecule has 0 aromatic carbocycles. The molecule has 1 aromatic heterocycles. The number of thiophene rings is 1. The van der Waals surface area contributed by atoms with Crippen LogP contribution in [-0.4, -0.2) is 29.0 Å². The maximum atomic E-state index is 8.46. The summed E-state index contributed by atoms with van der Waals surface area (Å²) >= 11 is 1.81. The molecule has 3 N–H and O–H groups in total. The van der Waals surface area contributed by atoms with Gasteiger partial charge in [0.2, 0.25) is 0 Å². The number of oxime groups is 1. The lowest BCUT2D eigenvalue weighted by molar-refractivity contribution is 0.278. The highest BCUT2D eigenvalue weighted by Gasteiger charge is 2.17. The van der Waals surface area contributed by atoms with Crippen molar-refractivity contribution in [1.29, 1.82) is 0 Å². The Bertz CT molecular complexity index is 348. The topological polar surface area (TPSA) is 61.8 Å². The van der Waals surface area contributed by atoms with Crippen LogP contribution in [0.5, 0.6) is 0 Å². The highest BCUT2D eigenvalue weighted by molar-refractivity contribution is 7.10. The molecule has 0 bridgehead atoms. The molecule has 0 saturated carbocycles. The SMILES string of the molecule is N/C(CN1CCc2sccc2C1)=N\O. The van der Waals surface area contributed by atoms with Gasteiger partial charge in [0.1, 0.15) is 0 Å². The van der Waals surface area contributed by atoms with Crippen LogP contribution in [0.2, 0.25) is 0 Å². The largest absolute Gasteiger partial charge is 0.409 e. The first-order chi connectivity index (χ1) is 6.79. The van der Waals surface area contributed by atoms with Crippen molar-refractivity contribution in [3.8, 4) is 0 Å². The van der Waals surface area contributed by atoms with E-state index in [0.717, 1.165) is 19.5 Å². The Labute approximate surface area is 86.6 Å². The minimum absolute atomic E-state index is 0.281. The van der Waals surface area contributed by atoms with E-state index < -0.39 is 0 Å². The van der Waals surface area contributed by atoms with Crippen LogP contribution in [0.4, 0.5) is 0 Å². The number of nitrogens with zero attached hydrogens (tertiary/aromatic N) is 2. The Balaban J connectivity index is 2.01. The van der Waals surface area contributed by atoms with Crippen LogP contribution in [0.1, 0.15) is 10.4 Å². The lowest BCUT2D eigenvalue weighted by Gasteiger charge is -2.25. The van der Waals surface area contributed by atoms with Crippen molar-refractivity contribution >= 4 is 17.2 Å². The van der Waals surface area contributed by atoms with Gasteiger partial charge in [0.25, 0.3) is 0 Å². The average molecular weight is 211 g/mol. The van der Waals surface area contributed by atoms with Gasteiger partial charge in [0.15, 0.2) is 5.84 Å². The third-order valence-corrected chi connectivity index (χ3v) is 3.42. The van der Waals surface area contributed by atoms with Crippen LogP contribution >= 0.6 is 11.3 Å². The molecule has 5 heteroatoms. The molecule has 1 aromatic rings. The van der Waals surface area contributed by atoms with Gasteiger partial charge in [-0.15, -0.1) is 11.3 Å². The first-order valence-electron chi connectivity index (χ1n) is 4.53. The van der Waals surface area contributed by atoms with Crippen molar-refractivity contribution in [1.82, 2.24) is 4.90 Å². The predicted molar refractivity (Wildman–Crippen MR) is 56.7 cm³/mol. The van der Waals surface area contributed by atoms with E-state index >= 15 is 0 Å². The summed E-state index contributed by atoms with van der Waals surface area (Å²) in [5, 5.41) is 13.6. The molecule has 0 unspecified atom stereocenters. The number of hydrogen-bond donors (Lipinski definition) is 2. The monoisotopic (exact) mass is 211 g/mol. The molecule has 14 heavy (non-hydrogen) atoms. The van der Waals surface area contributed by atoms with Gasteiger partial charge in [0.05, 0.1) is 6.54 Å². The Hall–Kier alpha value is -1.07. The average Bonchev–Trinajstić information content (AvgIpc) is 2.64. The van der Waals surface area contributed by atoms with E-state index in [4.69, 9.17) is 10.9 Å². The highest BCUT2D eigenvalue weighted by Crippen LogP contribution is 2.23. The number of nitrogens with two attached hydrogens (primary N) is 1. The van der Waals surface area contributed by atoms with Gasteiger partial charge < -0.3 is 10.9 Å². The van der Waals surface area contributed by atoms with E-state index in [9.17, 15) is 0 Å². The third kappa shape index (κ3) is 1.88. The summed E-state index contributed by atoms with van der Waals surface area (Å²) in [5.41, 5.74) is 6.84. The highest BCUT2D eigenvalue weighted by atomic mass is 32.1. The Morgan fingerprint density at radius 2 is 2.57 bits per heavy atom. The zero-order chi connectivity index (χ0) is 9.97. The predicted octanol–water partition coefficient (Wildman–Crippen LogP) is 0.853. The second kappa shape index (κ2) is 3.98. The normalized spacial score (nSPS) is 18.1. The Kier molecular flexibility index (Phi) is 2.69. The van der Waals surface area contributed by atoms with E-state index in [0.29, 0.717) is 6.54 Å². The third-order valence-electron chi connectivity index (χ3n) is 2.40. The van der Waals surface area contributed by atoms with Crippen molar-refractivity contribution < 1.29 is 5.21 Å². The maximum Gasteiger partial charge on any atom is 0.153 e. The summed E-state index contributed by atoms with van der Waals surface area (Å²) in [6, 6.07) is 2.15. The van der Waals surface area contributed by atoms with Gasteiger partial charge >= 0.3 is 0 Å². The summed E-state index contributed by atoms with van der Waals surface area (Å²) < 4.78 is 0. The quantitative estimate of drug-likeness (QED) is 0.330. The second-order valence-corrected chi connectivity index (χ2v) is 4.42. The van der Waals surface area contributed by atoms with Crippen LogP contribution in [0.25, 0.3) is 0 Å². The summed E-state index contributed by atoms with van der Waals surface area (Å²) in [5.74, 6) is 0.281. The first kappa shape index (κ1) is 9.48. The van der Waals surface area contributed by atoms with Crippen LogP contribution in [0, 0.1) is 0 Å². The van der Waals surface area contributed by atoms with E-state index in [1.54, 1.807) is 0 Å². The molecule has 2 heterocycles. The second-order valence-electron chi connectivity index (χ2n) is 3.42. The molecule has 1 aliphatic heterocycles. The fourth-order valence-corrected chi connectivity index (χ4v) is 2.59. The van der Waals surface area contributed by atoms with E-state index in [2.05, 4.69) is 21.5 Å². The van der Waals surface area contributed by atoms with Gasteiger partial charge in [0, 0.05) is 18.0 Å². The lowest BCUT2D eigenvalue weighted by Crippen LogP contribution is -2.37. The minimum Gasteiger partial charge on any atom is -0.409 e. The van der Waals surface area contributed by atoms with Gasteiger partial charge in [-0.1, -0.05) is 5.16 Å². The molecule has 0 spiro atoms. The van der Waals surface area contributed by atoms with E-state index in [1.807, 2.05) is 11.3 Å². The van der Waals surface area contributed by atoms with Crippen molar-refractivity contribution in [2.45, 2.75) is 13.0 Å². The molecular weight excluding hydrogens is 198 g/mol. The standard InChI is InChI=1S/C9H13N3OS/c10-9(11-13)6-12-3-1-8-7(5-12)2-4-14-8/h2,4,13H,1,3,5-6H2,(H2,10,11). The summed E-state index contributed by atoms with van der Waals surface area (Å²) in [6.45, 7) is 2.45. The van der Waals surface area contributed by atoms with E-state index in [-0.39, 0.29) is 5.84 Å².